The van der Waals surface area contributed by atoms with Crippen molar-refractivity contribution in [2.24, 2.45) is 0 Å². The minimum absolute atomic E-state index is 0.0629. The van der Waals surface area contributed by atoms with Crippen LogP contribution in [0.15, 0.2) is 85.2 Å². The molecule has 0 bridgehead atoms. The highest BCUT2D eigenvalue weighted by Crippen LogP contribution is 2.41. The molecule has 49 heavy (non-hydrogen) atoms. The van der Waals surface area contributed by atoms with Crippen LogP contribution in [0.4, 0.5) is 18.9 Å². The predicted octanol–water partition coefficient (Wildman–Crippen LogP) is 9.80. The number of rotatable bonds is 12. The second kappa shape index (κ2) is 15.0. The molecule has 0 fully saturated rings. The van der Waals surface area contributed by atoms with E-state index < -0.39 is 24.1 Å². The van der Waals surface area contributed by atoms with Crippen molar-refractivity contribution in [3.05, 3.63) is 135 Å². The lowest BCUT2D eigenvalue weighted by Gasteiger charge is -2.18. The van der Waals surface area contributed by atoms with E-state index in [1.54, 1.807) is 24.4 Å². The molecule has 248 valence electrons. The number of aldehydes is 2. The fourth-order valence-electron chi connectivity index (χ4n) is 5.35. The molecule has 1 aromatic heterocycles. The van der Waals surface area contributed by atoms with Gasteiger partial charge in [0.2, 0.25) is 5.69 Å². The van der Waals surface area contributed by atoms with E-state index in [2.05, 4.69) is 9.83 Å². The van der Waals surface area contributed by atoms with Crippen LogP contribution in [0.5, 0.6) is 17.2 Å². The largest absolute Gasteiger partial charge is 0.488 e. The SMILES string of the molecule is [C-]#[N+]c1cncc(COc2cc(OCc3cccc(-c4cccc(-c5ccc(OCC=O)c(C(F)(F)F)c5)c4C)c3C)c(Cl)cc2C=O)c1. The molecule has 0 saturated heterocycles. The fraction of sp³-hybridized carbons (Fsp3) is 0.158. The number of benzene rings is 4. The molecule has 4 aromatic carbocycles. The first-order valence-electron chi connectivity index (χ1n) is 14.9. The van der Waals surface area contributed by atoms with E-state index in [9.17, 15) is 22.8 Å². The van der Waals surface area contributed by atoms with E-state index in [1.165, 1.54) is 30.5 Å². The van der Waals surface area contributed by atoms with Crippen molar-refractivity contribution in [2.45, 2.75) is 33.2 Å². The van der Waals surface area contributed by atoms with Crippen molar-refractivity contribution in [1.82, 2.24) is 4.98 Å². The summed E-state index contributed by atoms with van der Waals surface area (Å²) in [5.74, 6) is 0.126. The van der Waals surface area contributed by atoms with Gasteiger partial charge in [0.25, 0.3) is 0 Å². The Morgan fingerprint density at radius 1 is 0.816 bits per heavy atom. The molecule has 7 nitrogen and oxygen atoms in total. The van der Waals surface area contributed by atoms with Crippen molar-refractivity contribution in [3.8, 4) is 39.5 Å². The highest BCUT2D eigenvalue weighted by molar-refractivity contribution is 6.32. The van der Waals surface area contributed by atoms with Gasteiger partial charge >= 0.3 is 6.18 Å². The lowest BCUT2D eigenvalue weighted by Crippen LogP contribution is -2.10. The van der Waals surface area contributed by atoms with Crippen LogP contribution < -0.4 is 14.2 Å². The van der Waals surface area contributed by atoms with E-state index >= 15 is 0 Å². The van der Waals surface area contributed by atoms with Gasteiger partial charge in [-0.05, 0) is 82.6 Å². The molecule has 0 spiro atoms. The summed E-state index contributed by atoms with van der Waals surface area (Å²) in [6.45, 7) is 10.6. The Kier molecular flexibility index (Phi) is 10.6. The number of carbonyl (C=O) groups is 2. The third-order valence-corrected chi connectivity index (χ3v) is 8.15. The molecule has 0 aliphatic heterocycles. The first-order chi connectivity index (χ1) is 23.5. The first-order valence-corrected chi connectivity index (χ1v) is 15.2. The second-order valence-electron chi connectivity index (χ2n) is 10.9. The zero-order valence-corrected chi connectivity index (χ0v) is 27.1. The van der Waals surface area contributed by atoms with Crippen LogP contribution in [0.1, 0.15) is 38.2 Å². The summed E-state index contributed by atoms with van der Waals surface area (Å²) in [5.41, 5.74) is 5.41. The molecule has 0 radical (unpaired) electrons. The van der Waals surface area contributed by atoms with Crippen molar-refractivity contribution in [2.75, 3.05) is 6.61 Å². The van der Waals surface area contributed by atoms with Crippen molar-refractivity contribution >= 4 is 29.9 Å². The highest BCUT2D eigenvalue weighted by atomic mass is 35.5. The molecule has 0 unspecified atom stereocenters. The molecule has 0 atom stereocenters. The van der Waals surface area contributed by atoms with Gasteiger partial charge in [0.15, 0.2) is 12.6 Å². The number of carbonyl (C=O) groups excluding carboxylic acids is 2. The van der Waals surface area contributed by atoms with Crippen molar-refractivity contribution in [3.63, 3.8) is 0 Å². The molecule has 0 aliphatic rings. The molecule has 5 aromatic rings. The summed E-state index contributed by atoms with van der Waals surface area (Å²) < 4.78 is 58.7. The maximum Gasteiger partial charge on any atom is 0.419 e. The average Bonchev–Trinajstić information content (AvgIpc) is 3.10. The van der Waals surface area contributed by atoms with Crippen LogP contribution in [-0.2, 0) is 24.2 Å². The minimum Gasteiger partial charge on any atom is -0.488 e. The van der Waals surface area contributed by atoms with Gasteiger partial charge in [0, 0.05) is 18.5 Å². The molecular formula is C38H28ClF3N2O5. The summed E-state index contributed by atoms with van der Waals surface area (Å²) >= 11 is 6.46. The van der Waals surface area contributed by atoms with E-state index in [1.807, 2.05) is 38.1 Å². The number of hydrogen-bond acceptors (Lipinski definition) is 6. The number of aromatic nitrogens is 1. The minimum atomic E-state index is -4.68. The number of ether oxygens (including phenoxy) is 3. The quantitative estimate of drug-likeness (QED) is 0.0962. The van der Waals surface area contributed by atoms with Gasteiger partial charge in [-0.15, -0.1) is 0 Å². The summed E-state index contributed by atoms with van der Waals surface area (Å²) in [4.78, 5) is 29.8. The van der Waals surface area contributed by atoms with Gasteiger partial charge in [-0.2, -0.15) is 13.2 Å². The standard InChI is InChI=1S/C38H28ClF3N2O5/c1-23-27(22-49-37-17-36(28(20-46)16-34(37)39)48-21-25-14-29(43-3)19-44-18-25)6-4-8-31(23)32-9-5-7-30(24(32)2)26-10-11-35(47-13-12-45)33(15-26)38(40,41)42/h4-12,14-20H,13,21-22H2,1-2H3. The molecular weight excluding hydrogens is 657 g/mol. The van der Waals surface area contributed by atoms with E-state index in [-0.39, 0.29) is 29.5 Å². The third kappa shape index (κ3) is 7.91. The summed E-state index contributed by atoms with van der Waals surface area (Å²) in [6, 6.07) is 19.6. The van der Waals surface area contributed by atoms with E-state index in [4.69, 9.17) is 32.4 Å². The smallest absolute Gasteiger partial charge is 0.419 e. The lowest BCUT2D eigenvalue weighted by molar-refractivity contribution is -0.139. The normalized spacial score (nSPS) is 11.0. The maximum absolute atomic E-state index is 13.9. The van der Waals surface area contributed by atoms with Gasteiger partial charge in [-0.3, -0.25) is 14.6 Å². The van der Waals surface area contributed by atoms with Crippen LogP contribution in [0.2, 0.25) is 5.02 Å². The molecule has 0 amide bonds. The van der Waals surface area contributed by atoms with Gasteiger partial charge in [0.05, 0.1) is 22.7 Å². The third-order valence-electron chi connectivity index (χ3n) is 7.85. The van der Waals surface area contributed by atoms with Crippen LogP contribution in [-0.4, -0.2) is 24.2 Å². The number of hydrogen-bond donors (Lipinski definition) is 0. The Labute approximate surface area is 285 Å². The Balaban J connectivity index is 1.41. The lowest BCUT2D eigenvalue weighted by atomic mass is 9.89. The zero-order valence-electron chi connectivity index (χ0n) is 26.3. The monoisotopic (exact) mass is 684 g/mol. The Morgan fingerprint density at radius 3 is 2.24 bits per heavy atom. The Bertz CT molecular complexity index is 2070. The van der Waals surface area contributed by atoms with Crippen LogP contribution >= 0.6 is 11.6 Å². The Hall–Kier alpha value is -5.66. The fourth-order valence-corrected chi connectivity index (χ4v) is 5.58. The zero-order chi connectivity index (χ0) is 35.1. The topological polar surface area (TPSA) is 79.1 Å². The highest BCUT2D eigenvalue weighted by Gasteiger charge is 2.35. The van der Waals surface area contributed by atoms with Crippen LogP contribution in [0.3, 0.4) is 0 Å². The molecule has 0 N–H and O–H groups in total. The molecule has 1 heterocycles. The summed E-state index contributed by atoms with van der Waals surface area (Å²) in [5, 5.41) is 0.212. The Morgan fingerprint density at radius 2 is 1.53 bits per heavy atom. The van der Waals surface area contributed by atoms with E-state index in [0.717, 1.165) is 33.9 Å². The van der Waals surface area contributed by atoms with E-state index in [0.29, 0.717) is 40.7 Å². The number of nitrogens with zero attached hydrogens (tertiary/aromatic N) is 2. The molecule has 5 rings (SSSR count). The molecule has 0 saturated carbocycles. The first kappa shape index (κ1) is 34.7. The van der Waals surface area contributed by atoms with Gasteiger partial charge < -0.3 is 14.2 Å². The number of halogens is 4. The maximum atomic E-state index is 13.9. The predicted molar refractivity (Wildman–Crippen MR) is 179 cm³/mol. The second-order valence-corrected chi connectivity index (χ2v) is 11.3. The summed E-state index contributed by atoms with van der Waals surface area (Å²) in [7, 11) is 0. The molecule has 11 heteroatoms. The van der Waals surface area contributed by atoms with Gasteiger partial charge in [-0.1, -0.05) is 54.1 Å². The van der Waals surface area contributed by atoms with Crippen LogP contribution in [0, 0.1) is 20.4 Å². The van der Waals surface area contributed by atoms with Crippen molar-refractivity contribution in [1.29, 1.82) is 0 Å². The van der Waals surface area contributed by atoms with Crippen molar-refractivity contribution < 1.29 is 37.0 Å². The van der Waals surface area contributed by atoms with Gasteiger partial charge in [-0.25, -0.2) is 4.85 Å². The van der Waals surface area contributed by atoms with Crippen LogP contribution in [0.25, 0.3) is 27.1 Å². The number of alkyl halides is 3. The molecule has 0 aliphatic carbocycles. The average molecular weight is 685 g/mol. The number of pyridine rings is 1. The van der Waals surface area contributed by atoms with Gasteiger partial charge in [0.1, 0.15) is 37.1 Å². The summed E-state index contributed by atoms with van der Waals surface area (Å²) in [6.07, 6.45) is -0.652.